The predicted octanol–water partition coefficient (Wildman–Crippen LogP) is 5.43. The molecule has 1 aromatic carbocycles. The Bertz CT molecular complexity index is 998. The predicted molar refractivity (Wildman–Crippen MR) is 117 cm³/mol. The smallest absolute Gasteiger partial charge is 0.174 e. The first-order chi connectivity index (χ1) is 14.0. The van der Waals surface area contributed by atoms with Crippen LogP contribution in [-0.2, 0) is 11.2 Å². The number of hydrogen-bond donors (Lipinski definition) is 1. The van der Waals surface area contributed by atoms with Crippen molar-refractivity contribution in [3.8, 4) is 11.5 Å². The Labute approximate surface area is 179 Å². The SMILES string of the molecule is C=C/C=C(\C=C/C)[C@@H]1CC[C@@]2(O)c3c(OC)cncc3O[C@@]12c1ccc(Br)cc1. The molecule has 4 rings (SSSR count). The summed E-state index contributed by atoms with van der Waals surface area (Å²) in [5, 5.41) is 12.2. The number of hydrogen-bond acceptors (Lipinski definition) is 4. The van der Waals surface area contributed by atoms with Crippen molar-refractivity contribution in [2.45, 2.75) is 31.0 Å². The van der Waals surface area contributed by atoms with Crippen molar-refractivity contribution < 1.29 is 14.6 Å². The molecule has 4 nitrogen and oxygen atoms in total. The molecule has 0 radical (unpaired) electrons. The number of nitrogens with zero attached hydrogens (tertiary/aromatic N) is 1. The van der Waals surface area contributed by atoms with E-state index in [4.69, 9.17) is 9.47 Å². The molecular weight excluding hydrogens is 430 g/mol. The van der Waals surface area contributed by atoms with Crippen LogP contribution in [0.4, 0.5) is 0 Å². The quantitative estimate of drug-likeness (QED) is 0.613. The summed E-state index contributed by atoms with van der Waals surface area (Å²) in [4.78, 5) is 4.25. The van der Waals surface area contributed by atoms with Crippen LogP contribution >= 0.6 is 15.9 Å². The van der Waals surface area contributed by atoms with Gasteiger partial charge in [0.15, 0.2) is 5.60 Å². The van der Waals surface area contributed by atoms with Crippen LogP contribution in [0.25, 0.3) is 0 Å². The molecule has 0 bridgehead atoms. The Balaban J connectivity index is 2.00. The molecule has 150 valence electrons. The number of aliphatic hydroxyl groups is 1. The van der Waals surface area contributed by atoms with Crippen molar-refractivity contribution in [3.63, 3.8) is 0 Å². The summed E-state index contributed by atoms with van der Waals surface area (Å²) in [5.74, 6) is 1.04. The van der Waals surface area contributed by atoms with Gasteiger partial charge in [-0.3, -0.25) is 4.98 Å². The van der Waals surface area contributed by atoms with Crippen molar-refractivity contribution in [1.29, 1.82) is 0 Å². The first-order valence-corrected chi connectivity index (χ1v) is 10.5. The van der Waals surface area contributed by atoms with Gasteiger partial charge in [-0.05, 0) is 43.0 Å². The topological polar surface area (TPSA) is 51.6 Å². The van der Waals surface area contributed by atoms with Crippen molar-refractivity contribution in [1.82, 2.24) is 4.98 Å². The Morgan fingerprint density at radius 3 is 2.76 bits per heavy atom. The molecule has 1 N–H and O–H groups in total. The number of ether oxygens (including phenoxy) is 2. The minimum absolute atomic E-state index is 0.0695. The molecule has 3 atom stereocenters. The fourth-order valence-corrected chi connectivity index (χ4v) is 5.21. The lowest BCUT2D eigenvalue weighted by Gasteiger charge is -2.40. The average Bonchev–Trinajstić information content (AvgIpc) is 3.15. The minimum Gasteiger partial charge on any atom is -0.495 e. The summed E-state index contributed by atoms with van der Waals surface area (Å²) >= 11 is 3.51. The van der Waals surface area contributed by atoms with Crippen molar-refractivity contribution in [2.24, 2.45) is 5.92 Å². The van der Waals surface area contributed by atoms with Gasteiger partial charge in [0.1, 0.15) is 17.1 Å². The van der Waals surface area contributed by atoms with E-state index in [1.807, 2.05) is 43.3 Å². The number of fused-ring (bicyclic) bond motifs is 3. The van der Waals surface area contributed by atoms with E-state index in [-0.39, 0.29) is 5.92 Å². The normalized spacial score (nSPS) is 28.1. The molecule has 29 heavy (non-hydrogen) atoms. The second-order valence-electron chi connectivity index (χ2n) is 7.41. The van der Waals surface area contributed by atoms with Gasteiger partial charge >= 0.3 is 0 Å². The van der Waals surface area contributed by atoms with Crippen LogP contribution in [0.15, 0.2) is 77.6 Å². The zero-order valence-corrected chi connectivity index (χ0v) is 18.1. The van der Waals surface area contributed by atoms with Crippen LogP contribution in [0, 0.1) is 5.92 Å². The van der Waals surface area contributed by atoms with E-state index >= 15 is 0 Å². The molecule has 0 unspecified atom stereocenters. The lowest BCUT2D eigenvalue weighted by molar-refractivity contribution is -0.112. The molecule has 0 spiro atoms. The third-order valence-corrected chi connectivity index (χ3v) is 6.55. The summed E-state index contributed by atoms with van der Waals surface area (Å²) in [6.45, 7) is 5.87. The van der Waals surface area contributed by atoms with Gasteiger partial charge in [0.05, 0.1) is 25.1 Å². The van der Waals surface area contributed by atoms with Crippen molar-refractivity contribution in [2.75, 3.05) is 7.11 Å². The summed E-state index contributed by atoms with van der Waals surface area (Å²) in [5.41, 5.74) is 0.445. The van der Waals surface area contributed by atoms with Gasteiger partial charge in [-0.1, -0.05) is 58.9 Å². The largest absolute Gasteiger partial charge is 0.495 e. The number of pyridine rings is 1. The van der Waals surface area contributed by atoms with E-state index in [1.165, 1.54) is 0 Å². The molecule has 0 amide bonds. The van der Waals surface area contributed by atoms with Crippen LogP contribution in [0.5, 0.6) is 11.5 Å². The number of rotatable bonds is 5. The van der Waals surface area contributed by atoms with E-state index in [0.29, 0.717) is 23.5 Å². The molecule has 1 saturated carbocycles. The van der Waals surface area contributed by atoms with Crippen LogP contribution in [0.3, 0.4) is 0 Å². The molecule has 2 heterocycles. The maximum Gasteiger partial charge on any atom is 0.174 e. The van der Waals surface area contributed by atoms with Crippen LogP contribution in [-0.4, -0.2) is 17.2 Å². The highest BCUT2D eigenvalue weighted by Gasteiger charge is 2.69. The molecule has 2 aromatic rings. The van der Waals surface area contributed by atoms with Gasteiger partial charge in [-0.2, -0.15) is 0 Å². The highest BCUT2D eigenvalue weighted by Crippen LogP contribution is 2.66. The van der Waals surface area contributed by atoms with Crippen LogP contribution < -0.4 is 9.47 Å². The number of aromatic nitrogens is 1. The molecule has 1 fully saturated rings. The second kappa shape index (κ2) is 7.47. The zero-order chi connectivity index (χ0) is 20.6. The molecule has 2 aliphatic rings. The van der Waals surface area contributed by atoms with Crippen molar-refractivity contribution >= 4 is 15.9 Å². The number of halogens is 1. The third-order valence-electron chi connectivity index (χ3n) is 6.03. The number of benzene rings is 1. The van der Waals surface area contributed by atoms with Gasteiger partial charge < -0.3 is 14.6 Å². The van der Waals surface area contributed by atoms with Gasteiger partial charge in [-0.25, -0.2) is 0 Å². The number of methoxy groups -OCH3 is 1. The zero-order valence-electron chi connectivity index (χ0n) is 16.6. The van der Waals surface area contributed by atoms with E-state index in [9.17, 15) is 5.11 Å². The Kier molecular flexibility index (Phi) is 5.13. The lowest BCUT2D eigenvalue weighted by Crippen LogP contribution is -2.49. The van der Waals surface area contributed by atoms with Crippen LogP contribution in [0.1, 0.15) is 30.9 Å². The summed E-state index contributed by atoms with van der Waals surface area (Å²) in [6.07, 6.45) is 12.5. The fraction of sp³-hybridized carbons (Fsp3) is 0.292. The first-order valence-electron chi connectivity index (χ1n) is 9.67. The van der Waals surface area contributed by atoms with Crippen LogP contribution in [0.2, 0.25) is 0 Å². The second-order valence-corrected chi connectivity index (χ2v) is 8.33. The molecule has 1 aliphatic carbocycles. The summed E-state index contributed by atoms with van der Waals surface area (Å²) in [7, 11) is 1.59. The van der Waals surface area contributed by atoms with Crippen molar-refractivity contribution in [3.05, 3.63) is 88.7 Å². The fourth-order valence-electron chi connectivity index (χ4n) is 4.95. The third kappa shape index (κ3) is 2.79. The van der Waals surface area contributed by atoms with Gasteiger partial charge in [0.2, 0.25) is 0 Å². The van der Waals surface area contributed by atoms with Gasteiger partial charge in [-0.15, -0.1) is 0 Å². The van der Waals surface area contributed by atoms with E-state index in [1.54, 1.807) is 25.6 Å². The maximum absolute atomic E-state index is 12.2. The Morgan fingerprint density at radius 1 is 1.34 bits per heavy atom. The molecule has 1 aliphatic heterocycles. The van der Waals surface area contributed by atoms with E-state index in [2.05, 4.69) is 33.6 Å². The van der Waals surface area contributed by atoms with Gasteiger partial charge in [0.25, 0.3) is 0 Å². The van der Waals surface area contributed by atoms with Gasteiger partial charge in [0, 0.05) is 10.4 Å². The first kappa shape index (κ1) is 19.9. The maximum atomic E-state index is 12.2. The highest BCUT2D eigenvalue weighted by molar-refractivity contribution is 9.10. The standard InChI is InChI=1S/C24H24BrNO3/c1-4-6-16(7-5-2)19-12-13-23(27)22-20(28-3)14-26-15-21(22)29-24(19,23)17-8-10-18(25)11-9-17/h4-11,14-15,19,27H,1,12-13H2,2-3H3/b7-5-,16-6+/t19-,23+,24-/m0/s1. The monoisotopic (exact) mass is 453 g/mol. The minimum atomic E-state index is -1.24. The number of allylic oxidation sites excluding steroid dienone is 4. The molecule has 0 saturated heterocycles. The molecular formula is C24H24BrNO3. The molecule has 1 aromatic heterocycles. The lowest BCUT2D eigenvalue weighted by atomic mass is 9.71. The Morgan fingerprint density at radius 2 is 2.10 bits per heavy atom. The van der Waals surface area contributed by atoms with E-state index < -0.39 is 11.2 Å². The molecule has 5 heteroatoms. The average molecular weight is 454 g/mol. The highest BCUT2D eigenvalue weighted by atomic mass is 79.9. The summed E-state index contributed by atoms with van der Waals surface area (Å²) in [6, 6.07) is 7.99. The summed E-state index contributed by atoms with van der Waals surface area (Å²) < 4.78 is 13.2. The Hall–Kier alpha value is -2.37. The van der Waals surface area contributed by atoms with E-state index in [0.717, 1.165) is 22.0 Å².